The molecule has 1 aliphatic carbocycles. The molecule has 1 aliphatic rings. The number of aromatic nitrogens is 2. The standard InChI is InChI=1S/C11H15N3OS2/c1-2-16-11-14-13-10(17-11)12-9(15)8-6-4-3-5-7-8/h3-4,8H,2,5-7H2,1H3,(H,12,13,15)/t8-/m1/s1. The molecule has 2 rings (SSSR count). The summed E-state index contributed by atoms with van der Waals surface area (Å²) >= 11 is 3.08. The Kier molecular flexibility index (Phi) is 4.56. The molecule has 0 unspecified atom stereocenters. The zero-order valence-corrected chi connectivity index (χ0v) is 11.3. The summed E-state index contributed by atoms with van der Waals surface area (Å²) in [6.45, 7) is 2.07. The van der Waals surface area contributed by atoms with Crippen LogP contribution in [0.25, 0.3) is 0 Å². The zero-order valence-electron chi connectivity index (χ0n) is 9.68. The van der Waals surface area contributed by atoms with Crippen LogP contribution >= 0.6 is 23.1 Å². The van der Waals surface area contributed by atoms with Crippen molar-refractivity contribution in [3.63, 3.8) is 0 Å². The molecule has 1 aromatic heterocycles. The predicted molar refractivity (Wildman–Crippen MR) is 71.4 cm³/mol. The lowest BCUT2D eigenvalue weighted by Gasteiger charge is -2.15. The van der Waals surface area contributed by atoms with E-state index < -0.39 is 0 Å². The van der Waals surface area contributed by atoms with Gasteiger partial charge in [-0.2, -0.15) is 0 Å². The van der Waals surface area contributed by atoms with Crippen molar-refractivity contribution in [1.29, 1.82) is 0 Å². The lowest BCUT2D eigenvalue weighted by molar-refractivity contribution is -0.120. The Morgan fingerprint density at radius 2 is 2.47 bits per heavy atom. The lowest BCUT2D eigenvalue weighted by atomic mass is 9.94. The summed E-state index contributed by atoms with van der Waals surface area (Å²) in [7, 11) is 0. The van der Waals surface area contributed by atoms with Crippen molar-refractivity contribution in [3.05, 3.63) is 12.2 Å². The predicted octanol–water partition coefficient (Wildman–Crippen LogP) is 2.94. The van der Waals surface area contributed by atoms with Gasteiger partial charge in [-0.3, -0.25) is 4.79 Å². The molecule has 0 saturated carbocycles. The average molecular weight is 269 g/mol. The summed E-state index contributed by atoms with van der Waals surface area (Å²) in [5, 5.41) is 11.4. The molecule has 0 fully saturated rings. The summed E-state index contributed by atoms with van der Waals surface area (Å²) < 4.78 is 0.909. The van der Waals surface area contributed by atoms with Gasteiger partial charge in [0.05, 0.1) is 0 Å². The first-order valence-corrected chi connectivity index (χ1v) is 7.52. The van der Waals surface area contributed by atoms with Gasteiger partial charge in [0.15, 0.2) is 4.34 Å². The van der Waals surface area contributed by atoms with Crippen molar-refractivity contribution in [2.24, 2.45) is 5.92 Å². The maximum Gasteiger partial charge on any atom is 0.229 e. The molecular formula is C11H15N3OS2. The van der Waals surface area contributed by atoms with E-state index in [0.29, 0.717) is 5.13 Å². The molecule has 1 heterocycles. The molecule has 1 N–H and O–H groups in total. The third kappa shape index (κ3) is 3.54. The first-order chi connectivity index (χ1) is 8.29. The summed E-state index contributed by atoms with van der Waals surface area (Å²) in [4.78, 5) is 11.9. The molecular weight excluding hydrogens is 254 g/mol. The quantitative estimate of drug-likeness (QED) is 0.519. The van der Waals surface area contributed by atoms with Crippen LogP contribution in [0.2, 0.25) is 0 Å². The van der Waals surface area contributed by atoms with Gasteiger partial charge in [0.25, 0.3) is 0 Å². The van der Waals surface area contributed by atoms with Crippen LogP contribution in [0.3, 0.4) is 0 Å². The first kappa shape index (κ1) is 12.6. The molecule has 4 nitrogen and oxygen atoms in total. The lowest BCUT2D eigenvalue weighted by Crippen LogP contribution is -2.23. The van der Waals surface area contributed by atoms with Crippen molar-refractivity contribution in [1.82, 2.24) is 10.2 Å². The highest BCUT2D eigenvalue weighted by Crippen LogP contribution is 2.26. The van der Waals surface area contributed by atoms with Crippen LogP contribution in [0.5, 0.6) is 0 Å². The van der Waals surface area contributed by atoms with E-state index in [-0.39, 0.29) is 11.8 Å². The molecule has 0 saturated heterocycles. The van der Waals surface area contributed by atoms with Gasteiger partial charge in [-0.1, -0.05) is 42.2 Å². The molecule has 0 radical (unpaired) electrons. The second-order valence-electron chi connectivity index (χ2n) is 3.78. The second kappa shape index (κ2) is 6.16. The molecule has 92 valence electrons. The molecule has 0 bridgehead atoms. The van der Waals surface area contributed by atoms with E-state index >= 15 is 0 Å². The maximum atomic E-state index is 11.9. The summed E-state index contributed by atoms with van der Waals surface area (Å²) in [5.41, 5.74) is 0. The molecule has 6 heteroatoms. The smallest absolute Gasteiger partial charge is 0.229 e. The van der Waals surface area contributed by atoms with E-state index in [0.717, 1.165) is 29.4 Å². The van der Waals surface area contributed by atoms with Crippen LogP contribution in [-0.2, 0) is 4.79 Å². The number of carbonyl (C=O) groups excluding carboxylic acids is 1. The number of hydrogen-bond donors (Lipinski definition) is 1. The Labute approximate surface area is 109 Å². The monoisotopic (exact) mass is 269 g/mol. The number of rotatable bonds is 4. The van der Waals surface area contributed by atoms with Crippen LogP contribution in [0.1, 0.15) is 26.2 Å². The summed E-state index contributed by atoms with van der Waals surface area (Å²) in [6.07, 6.45) is 6.96. The largest absolute Gasteiger partial charge is 0.300 e. The Morgan fingerprint density at radius 3 is 3.18 bits per heavy atom. The van der Waals surface area contributed by atoms with Crippen molar-refractivity contribution < 1.29 is 4.79 Å². The van der Waals surface area contributed by atoms with Gasteiger partial charge in [-0.05, 0) is 25.0 Å². The molecule has 17 heavy (non-hydrogen) atoms. The fourth-order valence-corrected chi connectivity index (χ4v) is 3.33. The van der Waals surface area contributed by atoms with Crippen LogP contribution in [-0.4, -0.2) is 21.9 Å². The molecule has 0 spiro atoms. The van der Waals surface area contributed by atoms with E-state index in [1.54, 1.807) is 11.8 Å². The second-order valence-corrected chi connectivity index (χ2v) is 6.27. The van der Waals surface area contributed by atoms with Gasteiger partial charge in [-0.25, -0.2) is 0 Å². The van der Waals surface area contributed by atoms with E-state index in [9.17, 15) is 4.79 Å². The van der Waals surface area contributed by atoms with Gasteiger partial charge in [0, 0.05) is 5.92 Å². The highest BCUT2D eigenvalue weighted by Gasteiger charge is 2.19. The van der Waals surface area contributed by atoms with Crippen molar-refractivity contribution in [3.8, 4) is 0 Å². The molecule has 1 atom stereocenters. The normalized spacial score (nSPS) is 19.2. The minimum absolute atomic E-state index is 0.0681. The number of nitrogens with zero attached hydrogens (tertiary/aromatic N) is 2. The summed E-state index contributed by atoms with van der Waals surface area (Å²) in [6, 6.07) is 0. The highest BCUT2D eigenvalue weighted by molar-refractivity contribution is 8.01. The average Bonchev–Trinajstić information content (AvgIpc) is 2.78. The number of carbonyl (C=O) groups is 1. The molecule has 1 aromatic rings. The van der Waals surface area contributed by atoms with E-state index in [2.05, 4.69) is 34.6 Å². The van der Waals surface area contributed by atoms with Gasteiger partial charge >= 0.3 is 0 Å². The van der Waals surface area contributed by atoms with E-state index in [1.165, 1.54) is 11.3 Å². The van der Waals surface area contributed by atoms with Crippen LogP contribution in [0, 0.1) is 5.92 Å². The summed E-state index contributed by atoms with van der Waals surface area (Å²) in [5.74, 6) is 1.13. The van der Waals surface area contributed by atoms with Crippen molar-refractivity contribution in [2.45, 2.75) is 30.5 Å². The number of amides is 1. The third-order valence-corrected chi connectivity index (χ3v) is 4.40. The van der Waals surface area contributed by atoms with Crippen LogP contribution < -0.4 is 5.32 Å². The highest BCUT2D eigenvalue weighted by atomic mass is 32.2. The maximum absolute atomic E-state index is 11.9. The van der Waals surface area contributed by atoms with Gasteiger partial charge in [-0.15, -0.1) is 10.2 Å². The van der Waals surface area contributed by atoms with E-state index in [1.807, 2.05) is 0 Å². The van der Waals surface area contributed by atoms with Gasteiger partial charge < -0.3 is 5.32 Å². The fourth-order valence-electron chi connectivity index (χ4n) is 1.68. The van der Waals surface area contributed by atoms with E-state index in [4.69, 9.17) is 0 Å². The fraction of sp³-hybridized carbons (Fsp3) is 0.545. The number of thioether (sulfide) groups is 1. The molecule has 0 aromatic carbocycles. The molecule has 1 amide bonds. The van der Waals surface area contributed by atoms with Crippen LogP contribution in [0.15, 0.2) is 16.5 Å². The Hall–Kier alpha value is -0.880. The number of anilines is 1. The first-order valence-electron chi connectivity index (χ1n) is 5.71. The Morgan fingerprint density at radius 1 is 1.59 bits per heavy atom. The van der Waals surface area contributed by atoms with Gasteiger partial charge in [0.2, 0.25) is 11.0 Å². The minimum atomic E-state index is 0.0681. The molecule has 0 aliphatic heterocycles. The van der Waals surface area contributed by atoms with Crippen molar-refractivity contribution >= 4 is 34.1 Å². The Bertz CT molecular complexity index is 417. The topological polar surface area (TPSA) is 54.9 Å². The number of hydrogen-bond acceptors (Lipinski definition) is 5. The Balaban J connectivity index is 1.90. The van der Waals surface area contributed by atoms with Crippen molar-refractivity contribution in [2.75, 3.05) is 11.1 Å². The van der Waals surface area contributed by atoms with Gasteiger partial charge in [0.1, 0.15) is 0 Å². The van der Waals surface area contributed by atoms with Crippen LogP contribution in [0.4, 0.5) is 5.13 Å². The third-order valence-electron chi connectivity index (χ3n) is 2.54. The number of nitrogens with one attached hydrogen (secondary N) is 1. The minimum Gasteiger partial charge on any atom is -0.300 e. The SMILES string of the molecule is CCSc1nnc(NC(=O)[C@@H]2CC=CCC2)s1. The number of allylic oxidation sites excluding steroid dienone is 2. The zero-order chi connectivity index (χ0) is 12.1.